The molecule has 0 heterocycles. The molecule has 116 valence electrons. The Morgan fingerprint density at radius 3 is 2.41 bits per heavy atom. The van der Waals surface area contributed by atoms with E-state index in [-0.39, 0.29) is 5.91 Å². The van der Waals surface area contributed by atoms with Crippen LogP contribution in [0.5, 0.6) is 5.75 Å². The molecule has 2 rings (SSSR count). The molecule has 0 fully saturated rings. The molecule has 0 saturated heterocycles. The van der Waals surface area contributed by atoms with Crippen molar-refractivity contribution in [2.24, 2.45) is 0 Å². The van der Waals surface area contributed by atoms with Crippen LogP contribution in [0.1, 0.15) is 10.4 Å². The van der Waals surface area contributed by atoms with E-state index in [9.17, 15) is 4.79 Å². The first-order chi connectivity index (χ1) is 10.6. The van der Waals surface area contributed by atoms with E-state index in [0.717, 1.165) is 0 Å². The Balaban J connectivity index is 1.97. The van der Waals surface area contributed by atoms with Crippen molar-refractivity contribution in [3.05, 3.63) is 58.1 Å². The smallest absolute Gasteiger partial charge is 0.255 e. The average Bonchev–Trinajstić information content (AvgIpc) is 2.52. The molecule has 1 amide bonds. The van der Waals surface area contributed by atoms with Crippen LogP contribution in [-0.4, -0.2) is 26.2 Å². The summed E-state index contributed by atoms with van der Waals surface area (Å²) >= 11 is 11.7. The molecule has 0 radical (unpaired) electrons. The molecule has 0 aliphatic heterocycles. The fraction of sp³-hybridized carbons (Fsp3) is 0.188. The minimum Gasteiger partial charge on any atom is -0.491 e. The highest BCUT2D eigenvalue weighted by Gasteiger charge is 2.08. The van der Waals surface area contributed by atoms with Gasteiger partial charge in [0, 0.05) is 18.4 Å². The summed E-state index contributed by atoms with van der Waals surface area (Å²) in [6.07, 6.45) is 0. The van der Waals surface area contributed by atoms with Gasteiger partial charge in [-0.1, -0.05) is 23.2 Å². The summed E-state index contributed by atoms with van der Waals surface area (Å²) in [4.78, 5) is 12.1. The summed E-state index contributed by atoms with van der Waals surface area (Å²) in [5.74, 6) is 0.455. The zero-order valence-corrected chi connectivity index (χ0v) is 13.4. The van der Waals surface area contributed by atoms with E-state index in [2.05, 4.69) is 5.32 Å². The van der Waals surface area contributed by atoms with Crippen LogP contribution in [0.2, 0.25) is 10.0 Å². The number of methoxy groups -OCH3 is 1. The highest BCUT2D eigenvalue weighted by atomic mass is 35.5. The van der Waals surface area contributed by atoms with Gasteiger partial charge < -0.3 is 14.8 Å². The summed E-state index contributed by atoms with van der Waals surface area (Å²) in [5.41, 5.74) is 1.10. The molecule has 0 aliphatic rings. The number of hydrogen-bond donors (Lipinski definition) is 1. The first kappa shape index (κ1) is 16.6. The topological polar surface area (TPSA) is 47.6 Å². The molecule has 0 aliphatic carbocycles. The molecule has 0 atom stereocenters. The van der Waals surface area contributed by atoms with Crippen molar-refractivity contribution in [2.45, 2.75) is 0 Å². The average molecular weight is 340 g/mol. The molecule has 0 spiro atoms. The number of ether oxygens (including phenoxy) is 2. The normalized spacial score (nSPS) is 10.3. The van der Waals surface area contributed by atoms with Gasteiger partial charge in [-0.3, -0.25) is 4.79 Å². The molecule has 0 saturated carbocycles. The van der Waals surface area contributed by atoms with Crippen molar-refractivity contribution < 1.29 is 14.3 Å². The molecular weight excluding hydrogens is 325 g/mol. The first-order valence-corrected chi connectivity index (χ1v) is 7.34. The van der Waals surface area contributed by atoms with Crippen LogP contribution >= 0.6 is 23.2 Å². The van der Waals surface area contributed by atoms with Crippen molar-refractivity contribution in [1.29, 1.82) is 0 Å². The molecule has 22 heavy (non-hydrogen) atoms. The van der Waals surface area contributed by atoms with E-state index in [1.165, 1.54) is 6.07 Å². The first-order valence-electron chi connectivity index (χ1n) is 6.58. The lowest BCUT2D eigenvalue weighted by Crippen LogP contribution is -2.11. The maximum Gasteiger partial charge on any atom is 0.255 e. The van der Waals surface area contributed by atoms with Crippen molar-refractivity contribution in [3.8, 4) is 5.75 Å². The minimum absolute atomic E-state index is 0.258. The summed E-state index contributed by atoms with van der Waals surface area (Å²) in [7, 11) is 1.62. The minimum atomic E-state index is -0.258. The lowest BCUT2D eigenvalue weighted by molar-refractivity contribution is 0.102. The fourth-order valence-corrected chi connectivity index (χ4v) is 2.02. The molecule has 2 aromatic rings. The van der Waals surface area contributed by atoms with E-state index in [0.29, 0.717) is 40.3 Å². The van der Waals surface area contributed by atoms with Gasteiger partial charge in [-0.2, -0.15) is 0 Å². The van der Waals surface area contributed by atoms with Gasteiger partial charge >= 0.3 is 0 Å². The highest BCUT2D eigenvalue weighted by Crippen LogP contribution is 2.23. The maximum absolute atomic E-state index is 12.1. The Morgan fingerprint density at radius 2 is 1.77 bits per heavy atom. The quantitative estimate of drug-likeness (QED) is 0.799. The third-order valence-electron chi connectivity index (χ3n) is 2.85. The Kier molecular flexibility index (Phi) is 6.07. The van der Waals surface area contributed by atoms with E-state index in [1.54, 1.807) is 43.5 Å². The second-order valence-electron chi connectivity index (χ2n) is 4.45. The van der Waals surface area contributed by atoms with Crippen molar-refractivity contribution in [1.82, 2.24) is 0 Å². The summed E-state index contributed by atoms with van der Waals surface area (Å²) in [5, 5.41) is 3.53. The van der Waals surface area contributed by atoms with Gasteiger partial charge in [-0.25, -0.2) is 0 Å². The summed E-state index contributed by atoms with van der Waals surface area (Å²) < 4.78 is 10.4. The number of carbonyl (C=O) groups is 1. The molecule has 1 N–H and O–H groups in total. The van der Waals surface area contributed by atoms with Crippen LogP contribution in [0.15, 0.2) is 42.5 Å². The molecule has 4 nitrogen and oxygen atoms in total. The van der Waals surface area contributed by atoms with Crippen molar-refractivity contribution in [2.75, 3.05) is 25.6 Å². The number of nitrogens with one attached hydrogen (secondary N) is 1. The molecular formula is C16H15Cl2NO3. The number of anilines is 1. The van der Waals surface area contributed by atoms with Gasteiger partial charge in [0.25, 0.3) is 5.91 Å². The van der Waals surface area contributed by atoms with Crippen LogP contribution in [0.4, 0.5) is 5.69 Å². The largest absolute Gasteiger partial charge is 0.491 e. The van der Waals surface area contributed by atoms with Crippen LogP contribution in [0.25, 0.3) is 0 Å². The fourth-order valence-electron chi connectivity index (χ4n) is 1.72. The van der Waals surface area contributed by atoms with Gasteiger partial charge in [0.1, 0.15) is 12.4 Å². The van der Waals surface area contributed by atoms with Gasteiger partial charge in [-0.15, -0.1) is 0 Å². The Hall–Kier alpha value is -1.75. The molecule has 0 aromatic heterocycles. The number of hydrogen-bond acceptors (Lipinski definition) is 3. The van der Waals surface area contributed by atoms with Crippen molar-refractivity contribution >= 4 is 34.8 Å². The van der Waals surface area contributed by atoms with E-state index in [1.807, 2.05) is 0 Å². The number of amides is 1. The van der Waals surface area contributed by atoms with Crippen LogP contribution in [0, 0.1) is 0 Å². The lowest BCUT2D eigenvalue weighted by Gasteiger charge is -2.08. The second kappa shape index (κ2) is 8.03. The second-order valence-corrected chi connectivity index (χ2v) is 5.26. The van der Waals surface area contributed by atoms with Gasteiger partial charge in [-0.05, 0) is 42.5 Å². The number of rotatable bonds is 6. The molecule has 2 aromatic carbocycles. The highest BCUT2D eigenvalue weighted by molar-refractivity contribution is 6.42. The van der Waals surface area contributed by atoms with E-state index >= 15 is 0 Å². The third kappa shape index (κ3) is 4.63. The van der Waals surface area contributed by atoms with Gasteiger partial charge in [0.15, 0.2) is 0 Å². The predicted molar refractivity (Wildman–Crippen MR) is 88.2 cm³/mol. The van der Waals surface area contributed by atoms with Crippen LogP contribution in [0.3, 0.4) is 0 Å². The number of benzene rings is 2. The van der Waals surface area contributed by atoms with Gasteiger partial charge in [0.2, 0.25) is 0 Å². The maximum atomic E-state index is 12.1. The Morgan fingerprint density at radius 1 is 1.05 bits per heavy atom. The summed E-state index contributed by atoms with van der Waals surface area (Å²) in [6.45, 7) is 1.00. The van der Waals surface area contributed by atoms with Crippen molar-refractivity contribution in [3.63, 3.8) is 0 Å². The Bertz CT molecular complexity index is 644. The molecule has 6 heteroatoms. The molecule has 0 bridgehead atoms. The standard InChI is InChI=1S/C16H15Cl2NO3/c1-21-8-9-22-13-5-3-12(4-6-13)19-16(20)11-2-7-14(17)15(18)10-11/h2-7,10H,8-9H2,1H3,(H,19,20). The summed E-state index contributed by atoms with van der Waals surface area (Å²) in [6, 6.07) is 11.8. The van der Waals surface area contributed by atoms with E-state index < -0.39 is 0 Å². The van der Waals surface area contributed by atoms with Gasteiger partial charge in [0.05, 0.1) is 16.7 Å². The zero-order valence-electron chi connectivity index (χ0n) is 11.9. The zero-order chi connectivity index (χ0) is 15.9. The van der Waals surface area contributed by atoms with Crippen LogP contribution in [-0.2, 0) is 4.74 Å². The lowest BCUT2D eigenvalue weighted by atomic mass is 10.2. The Labute approximate surface area is 138 Å². The van der Waals surface area contributed by atoms with E-state index in [4.69, 9.17) is 32.7 Å². The number of carbonyl (C=O) groups excluding carboxylic acids is 1. The SMILES string of the molecule is COCCOc1ccc(NC(=O)c2ccc(Cl)c(Cl)c2)cc1. The third-order valence-corrected chi connectivity index (χ3v) is 3.59. The predicted octanol–water partition coefficient (Wildman–Crippen LogP) is 4.27. The van der Waals surface area contributed by atoms with Crippen LogP contribution < -0.4 is 10.1 Å². The monoisotopic (exact) mass is 339 g/mol. The molecule has 0 unspecified atom stereocenters. The number of halogens is 2.